The number of nitrogens with zero attached hydrogens (tertiary/aromatic N) is 4. The number of amides is 1. The summed E-state index contributed by atoms with van der Waals surface area (Å²) in [5.74, 6) is 1.83. The average Bonchev–Trinajstić information content (AvgIpc) is 3.26. The van der Waals surface area contributed by atoms with Crippen LogP contribution < -0.4 is 5.32 Å². The van der Waals surface area contributed by atoms with E-state index in [1.54, 1.807) is 29.3 Å². The average molecular weight is 375 g/mol. The van der Waals surface area contributed by atoms with Gasteiger partial charge in [0, 0.05) is 24.5 Å². The van der Waals surface area contributed by atoms with E-state index in [1.807, 2.05) is 23.6 Å². The second kappa shape index (κ2) is 8.72. The Labute approximate surface area is 153 Å². The van der Waals surface area contributed by atoms with Gasteiger partial charge in [-0.15, -0.1) is 11.3 Å². The minimum atomic E-state index is -0.0668. The number of nitrogens with one attached hydrogen (secondary N) is 1. The Kier molecular flexibility index (Phi) is 6.13. The Bertz CT molecular complexity index is 819. The Morgan fingerprint density at radius 1 is 1.36 bits per heavy atom. The molecule has 0 radical (unpaired) electrons. The second-order valence-electron chi connectivity index (χ2n) is 5.04. The van der Waals surface area contributed by atoms with Gasteiger partial charge in [-0.05, 0) is 17.9 Å². The van der Waals surface area contributed by atoms with Gasteiger partial charge >= 0.3 is 0 Å². The first-order chi connectivity index (χ1) is 12.2. The molecule has 0 aliphatic carbocycles. The zero-order valence-corrected chi connectivity index (χ0v) is 15.3. The van der Waals surface area contributed by atoms with Crippen molar-refractivity contribution in [2.75, 3.05) is 12.3 Å². The Hall–Kier alpha value is -2.26. The maximum absolute atomic E-state index is 12.0. The van der Waals surface area contributed by atoms with Crippen LogP contribution in [0.5, 0.6) is 0 Å². The van der Waals surface area contributed by atoms with Crippen molar-refractivity contribution in [3.63, 3.8) is 0 Å². The summed E-state index contributed by atoms with van der Waals surface area (Å²) in [4.78, 5) is 24.8. The monoisotopic (exact) mass is 375 g/mol. The van der Waals surface area contributed by atoms with Crippen molar-refractivity contribution in [1.29, 1.82) is 0 Å². The van der Waals surface area contributed by atoms with Crippen LogP contribution in [0.3, 0.4) is 0 Å². The highest BCUT2D eigenvalue weighted by molar-refractivity contribution is 8.00. The van der Waals surface area contributed by atoms with E-state index in [4.69, 9.17) is 4.52 Å². The normalized spacial score (nSPS) is 10.8. The van der Waals surface area contributed by atoms with Gasteiger partial charge in [0.1, 0.15) is 10.0 Å². The zero-order valence-electron chi connectivity index (χ0n) is 13.6. The molecule has 3 aromatic heterocycles. The number of thiazole rings is 1. The smallest absolute Gasteiger partial charge is 0.228 e. The molecule has 3 rings (SSSR count). The molecule has 3 heterocycles. The van der Waals surface area contributed by atoms with Gasteiger partial charge in [0.25, 0.3) is 0 Å². The van der Waals surface area contributed by atoms with Crippen molar-refractivity contribution >= 4 is 29.0 Å². The van der Waals surface area contributed by atoms with Gasteiger partial charge in [-0.2, -0.15) is 4.98 Å². The van der Waals surface area contributed by atoms with Crippen LogP contribution in [0.4, 0.5) is 0 Å². The Morgan fingerprint density at radius 3 is 3.08 bits per heavy atom. The first-order valence-electron chi connectivity index (χ1n) is 7.82. The number of thioether (sulfide) groups is 1. The van der Waals surface area contributed by atoms with Gasteiger partial charge < -0.3 is 9.84 Å². The highest BCUT2D eigenvalue weighted by atomic mass is 32.2. The van der Waals surface area contributed by atoms with Gasteiger partial charge in [0.2, 0.25) is 17.6 Å². The quantitative estimate of drug-likeness (QED) is 0.605. The summed E-state index contributed by atoms with van der Waals surface area (Å²) in [5, 5.41) is 8.67. The highest BCUT2D eigenvalue weighted by Gasteiger charge is 2.11. The van der Waals surface area contributed by atoms with Gasteiger partial charge in [-0.1, -0.05) is 29.9 Å². The van der Waals surface area contributed by atoms with E-state index in [2.05, 4.69) is 32.3 Å². The van der Waals surface area contributed by atoms with Crippen molar-refractivity contribution in [3.8, 4) is 11.5 Å². The topological polar surface area (TPSA) is 93.8 Å². The fraction of sp³-hybridized carbons (Fsp3) is 0.312. The van der Waals surface area contributed by atoms with Crippen LogP contribution in [-0.4, -0.2) is 38.3 Å². The largest absolute Gasteiger partial charge is 0.355 e. The van der Waals surface area contributed by atoms with E-state index in [1.165, 1.54) is 0 Å². The van der Waals surface area contributed by atoms with E-state index in [-0.39, 0.29) is 12.3 Å². The summed E-state index contributed by atoms with van der Waals surface area (Å²) in [7, 11) is 0. The molecule has 0 saturated heterocycles. The number of rotatable bonds is 8. The minimum Gasteiger partial charge on any atom is -0.355 e. The molecule has 0 aliphatic heterocycles. The molecule has 0 bridgehead atoms. The van der Waals surface area contributed by atoms with Gasteiger partial charge in [-0.3, -0.25) is 9.78 Å². The summed E-state index contributed by atoms with van der Waals surface area (Å²) in [6, 6.07) is 5.50. The lowest BCUT2D eigenvalue weighted by Crippen LogP contribution is -2.27. The third-order valence-corrected chi connectivity index (χ3v) is 5.12. The van der Waals surface area contributed by atoms with Crippen LogP contribution in [0.1, 0.15) is 18.5 Å². The molecule has 130 valence electrons. The fourth-order valence-electron chi connectivity index (χ4n) is 2.05. The maximum atomic E-state index is 12.0. The van der Waals surface area contributed by atoms with E-state index >= 15 is 0 Å². The molecule has 25 heavy (non-hydrogen) atoms. The van der Waals surface area contributed by atoms with Crippen LogP contribution in [0.15, 0.2) is 38.6 Å². The lowest BCUT2D eigenvalue weighted by Gasteiger charge is -2.01. The predicted molar refractivity (Wildman–Crippen MR) is 96.5 cm³/mol. The van der Waals surface area contributed by atoms with Crippen LogP contribution >= 0.6 is 23.1 Å². The van der Waals surface area contributed by atoms with Crippen LogP contribution in [0, 0.1) is 0 Å². The number of hydrogen-bond acceptors (Lipinski definition) is 8. The molecular formula is C16H17N5O2S2. The molecule has 0 fully saturated rings. The van der Waals surface area contributed by atoms with Gasteiger partial charge in [-0.25, -0.2) is 4.98 Å². The van der Waals surface area contributed by atoms with Crippen LogP contribution in [-0.2, 0) is 17.6 Å². The lowest BCUT2D eigenvalue weighted by atomic mass is 10.3. The minimum absolute atomic E-state index is 0.0668. The molecule has 0 aliphatic rings. The van der Waals surface area contributed by atoms with E-state index < -0.39 is 0 Å². The summed E-state index contributed by atoms with van der Waals surface area (Å²) in [6.07, 6.45) is 2.43. The van der Waals surface area contributed by atoms with Crippen molar-refractivity contribution in [3.05, 3.63) is 41.4 Å². The number of carbonyl (C=O) groups excluding carboxylic acids is 1. The highest BCUT2D eigenvalue weighted by Crippen LogP contribution is 2.22. The van der Waals surface area contributed by atoms with Crippen molar-refractivity contribution in [1.82, 2.24) is 25.4 Å². The first-order valence-corrected chi connectivity index (χ1v) is 9.69. The van der Waals surface area contributed by atoms with Crippen molar-refractivity contribution < 1.29 is 9.32 Å². The first kappa shape index (κ1) is 17.6. The molecule has 1 amide bonds. The molecule has 0 unspecified atom stereocenters. The molecule has 3 aromatic rings. The SMILES string of the molecule is CCSc1nc(CC(=O)NCCc2nc(-c3ccccn3)no2)cs1. The van der Waals surface area contributed by atoms with Crippen LogP contribution in [0.2, 0.25) is 0 Å². The van der Waals surface area contributed by atoms with Crippen molar-refractivity contribution in [2.24, 2.45) is 0 Å². The van der Waals surface area contributed by atoms with Crippen molar-refractivity contribution in [2.45, 2.75) is 24.1 Å². The standard InChI is InChI=1S/C16H17N5O2S2/c1-2-24-16-19-11(10-25-16)9-13(22)18-8-6-14-20-15(21-23-14)12-5-3-4-7-17-12/h3-5,7,10H,2,6,8-9H2,1H3,(H,18,22). The number of hydrogen-bond donors (Lipinski definition) is 1. The molecule has 0 saturated carbocycles. The molecule has 1 N–H and O–H groups in total. The summed E-state index contributed by atoms with van der Waals surface area (Å²) < 4.78 is 6.18. The summed E-state index contributed by atoms with van der Waals surface area (Å²) >= 11 is 3.25. The third kappa shape index (κ3) is 5.10. The number of pyridine rings is 1. The lowest BCUT2D eigenvalue weighted by molar-refractivity contribution is -0.120. The molecule has 7 nitrogen and oxygen atoms in total. The van der Waals surface area contributed by atoms with Gasteiger partial charge in [0.05, 0.1) is 12.1 Å². The summed E-state index contributed by atoms with van der Waals surface area (Å²) in [6.45, 7) is 2.51. The zero-order chi connectivity index (χ0) is 17.5. The van der Waals surface area contributed by atoms with Crippen LogP contribution in [0.25, 0.3) is 11.5 Å². The third-order valence-electron chi connectivity index (χ3n) is 3.16. The Balaban J connectivity index is 1.44. The van der Waals surface area contributed by atoms with E-state index in [0.29, 0.717) is 30.4 Å². The van der Waals surface area contributed by atoms with E-state index in [0.717, 1.165) is 15.8 Å². The molecular weight excluding hydrogens is 358 g/mol. The number of aromatic nitrogens is 4. The molecule has 9 heteroatoms. The summed E-state index contributed by atoms with van der Waals surface area (Å²) in [5.41, 5.74) is 1.46. The Morgan fingerprint density at radius 2 is 2.28 bits per heavy atom. The molecule has 0 aromatic carbocycles. The number of carbonyl (C=O) groups is 1. The maximum Gasteiger partial charge on any atom is 0.228 e. The molecule has 0 atom stereocenters. The van der Waals surface area contributed by atoms with Gasteiger partial charge in [0.15, 0.2) is 0 Å². The fourth-order valence-corrected chi connectivity index (χ4v) is 3.79. The van der Waals surface area contributed by atoms with E-state index in [9.17, 15) is 4.79 Å². The second-order valence-corrected chi connectivity index (χ2v) is 7.41. The predicted octanol–water partition coefficient (Wildman–Crippen LogP) is 2.60. The molecule has 0 spiro atoms.